The molecule has 0 aliphatic heterocycles. The molecule has 2 aromatic rings. The Bertz CT molecular complexity index is 747. The summed E-state index contributed by atoms with van der Waals surface area (Å²) >= 11 is 0. The Hall–Kier alpha value is -3.02. The number of carbonyl (C=O) groups excluding carboxylic acids is 2. The van der Waals surface area contributed by atoms with Crippen LogP contribution in [0.3, 0.4) is 0 Å². The summed E-state index contributed by atoms with van der Waals surface area (Å²) in [6.45, 7) is 6.09. The second kappa shape index (κ2) is 8.38. The lowest BCUT2D eigenvalue weighted by atomic mass is 9.87. The molecule has 0 bridgehead atoms. The molecule has 6 heteroatoms. The number of hydrogen-bond donors (Lipinski definition) is 2. The molecule has 138 valence electrons. The van der Waals surface area contributed by atoms with Crippen LogP contribution >= 0.6 is 0 Å². The number of hydrazine groups is 1. The van der Waals surface area contributed by atoms with Gasteiger partial charge in [0, 0.05) is 5.56 Å². The molecular weight excluding hydrogens is 332 g/mol. The van der Waals surface area contributed by atoms with Crippen LogP contribution < -0.4 is 20.3 Å². The van der Waals surface area contributed by atoms with Gasteiger partial charge in [0.2, 0.25) is 0 Å². The van der Waals surface area contributed by atoms with Crippen LogP contribution in [-0.4, -0.2) is 25.5 Å². The molecule has 0 saturated carbocycles. The van der Waals surface area contributed by atoms with Gasteiger partial charge in [0.25, 0.3) is 11.8 Å². The van der Waals surface area contributed by atoms with Crippen molar-refractivity contribution in [3.63, 3.8) is 0 Å². The Labute approximate surface area is 153 Å². The molecule has 26 heavy (non-hydrogen) atoms. The van der Waals surface area contributed by atoms with Gasteiger partial charge in [-0.05, 0) is 47.4 Å². The second-order valence-electron chi connectivity index (χ2n) is 6.79. The van der Waals surface area contributed by atoms with E-state index in [-0.39, 0.29) is 17.9 Å². The highest BCUT2D eigenvalue weighted by molar-refractivity contribution is 5.95. The number of carbonyl (C=O) groups is 2. The minimum absolute atomic E-state index is 0.0159. The lowest BCUT2D eigenvalue weighted by Gasteiger charge is -2.19. The van der Waals surface area contributed by atoms with E-state index in [2.05, 4.69) is 31.6 Å². The van der Waals surface area contributed by atoms with Gasteiger partial charge in [0.05, 0.1) is 7.11 Å². The maximum absolute atomic E-state index is 12.1. The predicted octanol–water partition coefficient (Wildman–Crippen LogP) is 2.83. The van der Waals surface area contributed by atoms with Gasteiger partial charge in [-0.1, -0.05) is 32.9 Å². The first kappa shape index (κ1) is 19.3. The Morgan fingerprint density at radius 1 is 0.885 bits per heavy atom. The van der Waals surface area contributed by atoms with Crippen molar-refractivity contribution in [3.8, 4) is 11.5 Å². The van der Waals surface area contributed by atoms with Crippen LogP contribution in [0.1, 0.15) is 36.7 Å². The van der Waals surface area contributed by atoms with E-state index in [1.807, 2.05) is 12.1 Å². The monoisotopic (exact) mass is 356 g/mol. The molecule has 0 spiro atoms. The molecule has 0 aliphatic carbocycles. The Morgan fingerprint density at radius 3 is 2.00 bits per heavy atom. The van der Waals surface area contributed by atoms with E-state index in [0.29, 0.717) is 17.1 Å². The summed E-state index contributed by atoms with van der Waals surface area (Å²) in [6.07, 6.45) is 0. The Kier molecular flexibility index (Phi) is 6.22. The van der Waals surface area contributed by atoms with Crippen LogP contribution in [0.4, 0.5) is 0 Å². The average Bonchev–Trinajstić information content (AvgIpc) is 2.64. The number of hydrogen-bond acceptors (Lipinski definition) is 4. The molecule has 0 saturated heterocycles. The van der Waals surface area contributed by atoms with E-state index in [9.17, 15) is 9.59 Å². The van der Waals surface area contributed by atoms with Crippen molar-refractivity contribution in [2.75, 3.05) is 13.7 Å². The van der Waals surface area contributed by atoms with Gasteiger partial charge in [-0.25, -0.2) is 0 Å². The molecule has 0 fully saturated rings. The summed E-state index contributed by atoms with van der Waals surface area (Å²) in [5.41, 5.74) is 6.32. The van der Waals surface area contributed by atoms with E-state index in [4.69, 9.17) is 9.47 Å². The van der Waals surface area contributed by atoms with Crippen LogP contribution in [0, 0.1) is 0 Å². The van der Waals surface area contributed by atoms with Crippen LogP contribution in [0.2, 0.25) is 0 Å². The number of methoxy groups -OCH3 is 1. The van der Waals surface area contributed by atoms with Crippen molar-refractivity contribution in [2.24, 2.45) is 0 Å². The molecule has 2 aromatic carbocycles. The van der Waals surface area contributed by atoms with Gasteiger partial charge >= 0.3 is 0 Å². The minimum Gasteiger partial charge on any atom is -0.497 e. The molecule has 0 aromatic heterocycles. The van der Waals surface area contributed by atoms with E-state index in [0.717, 1.165) is 5.56 Å². The molecule has 0 heterocycles. The fraction of sp³-hybridized carbons (Fsp3) is 0.300. The summed E-state index contributed by atoms with van der Waals surface area (Å²) in [5, 5.41) is 0. The maximum atomic E-state index is 12.1. The van der Waals surface area contributed by atoms with Gasteiger partial charge in [0.15, 0.2) is 6.61 Å². The van der Waals surface area contributed by atoms with Crippen molar-refractivity contribution in [1.29, 1.82) is 0 Å². The molecule has 6 nitrogen and oxygen atoms in total. The SMILES string of the molecule is COc1ccc(OCC(=O)NNC(=O)c2ccc(C(C)(C)C)cc2)cc1. The molecular formula is C20H24N2O4. The zero-order valence-electron chi connectivity index (χ0n) is 15.5. The lowest BCUT2D eigenvalue weighted by Crippen LogP contribution is -2.43. The first-order chi connectivity index (χ1) is 12.3. The minimum atomic E-state index is -0.458. The summed E-state index contributed by atoms with van der Waals surface area (Å²) in [7, 11) is 1.57. The van der Waals surface area contributed by atoms with Gasteiger partial charge in [0.1, 0.15) is 11.5 Å². The van der Waals surface area contributed by atoms with Crippen molar-refractivity contribution >= 4 is 11.8 Å². The lowest BCUT2D eigenvalue weighted by molar-refractivity contribution is -0.123. The quantitative estimate of drug-likeness (QED) is 0.808. The fourth-order valence-electron chi connectivity index (χ4n) is 2.18. The number of nitrogens with one attached hydrogen (secondary N) is 2. The first-order valence-electron chi connectivity index (χ1n) is 8.26. The zero-order chi connectivity index (χ0) is 19.2. The van der Waals surface area contributed by atoms with Gasteiger partial charge in [-0.2, -0.15) is 0 Å². The number of rotatable bonds is 5. The Balaban J connectivity index is 1.79. The highest BCUT2D eigenvalue weighted by Gasteiger charge is 2.14. The smallest absolute Gasteiger partial charge is 0.276 e. The number of ether oxygens (including phenoxy) is 2. The summed E-state index contributed by atoms with van der Waals surface area (Å²) in [5.74, 6) is 0.389. The highest BCUT2D eigenvalue weighted by Crippen LogP contribution is 2.22. The predicted molar refractivity (Wildman–Crippen MR) is 99.2 cm³/mol. The second-order valence-corrected chi connectivity index (χ2v) is 6.79. The van der Waals surface area contributed by atoms with E-state index in [1.165, 1.54) is 0 Å². The molecule has 2 N–H and O–H groups in total. The molecule has 2 rings (SSSR count). The van der Waals surface area contributed by atoms with E-state index in [1.54, 1.807) is 43.5 Å². The van der Waals surface area contributed by atoms with Crippen molar-refractivity contribution in [3.05, 3.63) is 59.7 Å². The summed E-state index contributed by atoms with van der Waals surface area (Å²) in [4.78, 5) is 23.9. The maximum Gasteiger partial charge on any atom is 0.276 e. The zero-order valence-corrected chi connectivity index (χ0v) is 15.5. The van der Waals surface area contributed by atoms with Gasteiger partial charge < -0.3 is 9.47 Å². The van der Waals surface area contributed by atoms with E-state index >= 15 is 0 Å². The van der Waals surface area contributed by atoms with Crippen LogP contribution in [-0.2, 0) is 10.2 Å². The molecule has 0 unspecified atom stereocenters. The summed E-state index contributed by atoms with van der Waals surface area (Å²) < 4.78 is 10.4. The summed E-state index contributed by atoms with van der Waals surface area (Å²) in [6, 6.07) is 14.1. The number of benzene rings is 2. The molecule has 0 radical (unpaired) electrons. The third kappa shape index (κ3) is 5.51. The normalized spacial score (nSPS) is 10.8. The van der Waals surface area contributed by atoms with Crippen molar-refractivity contribution < 1.29 is 19.1 Å². The van der Waals surface area contributed by atoms with Crippen LogP contribution in [0.15, 0.2) is 48.5 Å². The standard InChI is InChI=1S/C20H24N2O4/c1-20(2,3)15-7-5-14(6-8-15)19(24)22-21-18(23)13-26-17-11-9-16(25-4)10-12-17/h5-12H,13H2,1-4H3,(H,21,23)(H,22,24). The third-order valence-electron chi connectivity index (χ3n) is 3.76. The fourth-order valence-corrected chi connectivity index (χ4v) is 2.18. The van der Waals surface area contributed by atoms with Crippen molar-refractivity contribution in [2.45, 2.75) is 26.2 Å². The van der Waals surface area contributed by atoms with Crippen LogP contribution in [0.25, 0.3) is 0 Å². The van der Waals surface area contributed by atoms with Crippen LogP contribution in [0.5, 0.6) is 11.5 Å². The third-order valence-corrected chi connectivity index (χ3v) is 3.76. The van der Waals surface area contributed by atoms with E-state index < -0.39 is 5.91 Å². The topological polar surface area (TPSA) is 76.7 Å². The number of amides is 2. The molecule has 0 atom stereocenters. The highest BCUT2D eigenvalue weighted by atomic mass is 16.5. The molecule has 0 aliphatic rings. The first-order valence-corrected chi connectivity index (χ1v) is 8.26. The largest absolute Gasteiger partial charge is 0.497 e. The average molecular weight is 356 g/mol. The van der Waals surface area contributed by atoms with Crippen molar-refractivity contribution in [1.82, 2.24) is 10.9 Å². The van der Waals surface area contributed by atoms with Gasteiger partial charge in [-0.3, -0.25) is 20.4 Å². The molecule has 2 amide bonds. The van der Waals surface area contributed by atoms with Gasteiger partial charge in [-0.15, -0.1) is 0 Å². The Morgan fingerprint density at radius 2 is 1.46 bits per heavy atom.